The van der Waals surface area contributed by atoms with E-state index in [9.17, 15) is 4.79 Å². The number of hydrogen-bond acceptors (Lipinski definition) is 2. The Morgan fingerprint density at radius 1 is 1.33 bits per heavy atom. The number of amides is 1. The molecule has 0 bridgehead atoms. The van der Waals surface area contributed by atoms with E-state index < -0.39 is 0 Å². The lowest BCUT2D eigenvalue weighted by Gasteiger charge is -2.07. The van der Waals surface area contributed by atoms with Gasteiger partial charge in [0.1, 0.15) is 5.65 Å². The second-order valence-corrected chi connectivity index (χ2v) is 6.15. The van der Waals surface area contributed by atoms with Gasteiger partial charge in [-0.15, -0.1) is 0 Å². The van der Waals surface area contributed by atoms with Crippen molar-refractivity contribution in [1.29, 1.82) is 0 Å². The Labute approximate surface area is 141 Å². The van der Waals surface area contributed by atoms with Crippen LogP contribution in [0.2, 0.25) is 0 Å². The van der Waals surface area contributed by atoms with E-state index in [0.29, 0.717) is 5.57 Å². The Morgan fingerprint density at radius 2 is 2.17 bits per heavy atom. The minimum Gasteiger partial charge on any atom is -0.345 e. The number of benzene rings is 1. The molecule has 0 aliphatic carbocycles. The second-order valence-electron chi connectivity index (χ2n) is 6.15. The largest absolute Gasteiger partial charge is 0.345 e. The monoisotopic (exact) mass is 322 g/mol. The number of carbonyl (C=O) groups is 1. The van der Waals surface area contributed by atoms with Crippen molar-refractivity contribution in [3.63, 3.8) is 0 Å². The van der Waals surface area contributed by atoms with Crippen molar-refractivity contribution in [2.45, 2.75) is 33.1 Å². The van der Waals surface area contributed by atoms with Crippen LogP contribution in [-0.2, 0) is 17.6 Å². The minimum atomic E-state index is -0.143. The number of hydrogen-bond donors (Lipinski definition) is 2. The van der Waals surface area contributed by atoms with Gasteiger partial charge in [-0.1, -0.05) is 18.7 Å². The first kappa shape index (κ1) is 16.1. The second kappa shape index (κ2) is 6.74. The fourth-order valence-corrected chi connectivity index (χ4v) is 2.73. The maximum absolute atomic E-state index is 11.7. The fraction of sp³-hybridized carbons (Fsp3) is 0.263. The summed E-state index contributed by atoms with van der Waals surface area (Å²) < 4.78 is 1.97. The van der Waals surface area contributed by atoms with Crippen molar-refractivity contribution in [1.82, 2.24) is 14.6 Å². The molecule has 3 rings (SSSR count). The van der Waals surface area contributed by atoms with Crippen molar-refractivity contribution >= 4 is 17.2 Å². The highest BCUT2D eigenvalue weighted by Gasteiger charge is 2.06. The minimum absolute atomic E-state index is 0.143. The van der Waals surface area contributed by atoms with Crippen molar-refractivity contribution < 1.29 is 4.79 Å². The van der Waals surface area contributed by atoms with Crippen LogP contribution in [0.25, 0.3) is 5.65 Å². The van der Waals surface area contributed by atoms with Gasteiger partial charge in [-0.05, 0) is 50.8 Å². The lowest BCUT2D eigenvalue weighted by Crippen LogP contribution is -2.11. The summed E-state index contributed by atoms with van der Waals surface area (Å²) in [4.78, 5) is 14.9. The van der Waals surface area contributed by atoms with E-state index in [-0.39, 0.29) is 5.91 Å². The van der Waals surface area contributed by atoms with Crippen LogP contribution >= 0.6 is 0 Å². The van der Waals surface area contributed by atoms with Crippen LogP contribution in [0.1, 0.15) is 30.3 Å². The molecule has 2 N–H and O–H groups in total. The number of anilines is 1. The Hall–Kier alpha value is -2.82. The first-order valence-corrected chi connectivity index (χ1v) is 8.11. The van der Waals surface area contributed by atoms with Crippen LogP contribution in [0.3, 0.4) is 0 Å². The normalized spacial score (nSPS) is 10.9. The topological polar surface area (TPSA) is 62.2 Å². The summed E-state index contributed by atoms with van der Waals surface area (Å²) in [6.07, 6.45) is 4.93. The summed E-state index contributed by atoms with van der Waals surface area (Å²) in [6, 6.07) is 10.0. The molecule has 0 saturated carbocycles. The maximum Gasteiger partial charge on any atom is 0.250 e. The molecule has 1 amide bonds. The summed E-state index contributed by atoms with van der Waals surface area (Å²) in [7, 11) is 0. The lowest BCUT2D eigenvalue weighted by atomic mass is 10.1. The van der Waals surface area contributed by atoms with Gasteiger partial charge in [-0.3, -0.25) is 4.79 Å². The molecule has 0 radical (unpaired) electrons. The van der Waals surface area contributed by atoms with Crippen LogP contribution in [0.4, 0.5) is 5.69 Å². The van der Waals surface area contributed by atoms with Gasteiger partial charge in [-0.2, -0.15) is 5.10 Å². The predicted octanol–water partition coefficient (Wildman–Crippen LogP) is 3.66. The number of aryl methyl sites for hydroxylation is 3. The Kier molecular flexibility index (Phi) is 4.51. The Bertz CT molecular complexity index is 888. The third-order valence-electron chi connectivity index (χ3n) is 3.96. The SMILES string of the molecule is C=C(C)C(=O)Nc1cccc(CCCc2c[nH]c3cc(C)nn23)c1. The van der Waals surface area contributed by atoms with Crippen LogP contribution in [-0.4, -0.2) is 20.5 Å². The highest BCUT2D eigenvalue weighted by molar-refractivity contribution is 6.02. The molecule has 0 aliphatic heterocycles. The van der Waals surface area contributed by atoms with Gasteiger partial charge in [-0.25, -0.2) is 4.52 Å². The Balaban J connectivity index is 1.60. The zero-order valence-electron chi connectivity index (χ0n) is 14.1. The van der Waals surface area contributed by atoms with Crippen molar-refractivity contribution in [3.05, 3.63) is 65.6 Å². The molecule has 24 heavy (non-hydrogen) atoms. The summed E-state index contributed by atoms with van der Waals surface area (Å²) >= 11 is 0. The number of rotatable bonds is 6. The summed E-state index contributed by atoms with van der Waals surface area (Å²) in [6.45, 7) is 7.35. The number of imidazole rings is 1. The summed E-state index contributed by atoms with van der Waals surface area (Å²) in [5.41, 5.74) is 5.76. The number of nitrogens with zero attached hydrogens (tertiary/aromatic N) is 2. The predicted molar refractivity (Wildman–Crippen MR) is 96.2 cm³/mol. The highest BCUT2D eigenvalue weighted by Crippen LogP contribution is 2.15. The van der Waals surface area contributed by atoms with Gasteiger partial charge in [0, 0.05) is 23.5 Å². The van der Waals surface area contributed by atoms with Gasteiger partial charge in [0.15, 0.2) is 0 Å². The van der Waals surface area contributed by atoms with E-state index >= 15 is 0 Å². The van der Waals surface area contributed by atoms with Crippen LogP contribution in [0, 0.1) is 6.92 Å². The van der Waals surface area contributed by atoms with E-state index in [1.807, 2.05) is 41.9 Å². The molecule has 0 spiro atoms. The summed E-state index contributed by atoms with van der Waals surface area (Å²) in [5, 5.41) is 7.35. The van der Waals surface area contributed by atoms with Gasteiger partial charge in [0.25, 0.3) is 5.91 Å². The first-order valence-electron chi connectivity index (χ1n) is 8.11. The number of fused-ring (bicyclic) bond motifs is 1. The molecule has 3 aromatic rings. The van der Waals surface area contributed by atoms with Crippen molar-refractivity contribution in [3.8, 4) is 0 Å². The van der Waals surface area contributed by atoms with E-state index in [0.717, 1.165) is 36.3 Å². The maximum atomic E-state index is 11.7. The molecule has 0 atom stereocenters. The molecule has 5 heteroatoms. The molecule has 1 aromatic carbocycles. The number of H-pyrrole nitrogens is 1. The number of aromatic nitrogens is 3. The number of nitrogens with one attached hydrogen (secondary N) is 2. The van der Waals surface area contributed by atoms with Gasteiger partial charge in [0.05, 0.1) is 11.4 Å². The first-order chi connectivity index (χ1) is 11.5. The van der Waals surface area contributed by atoms with E-state index in [2.05, 4.69) is 28.0 Å². The molecule has 2 aromatic heterocycles. The molecule has 0 fully saturated rings. The van der Waals surface area contributed by atoms with Gasteiger partial charge < -0.3 is 10.3 Å². The molecular formula is C19H22N4O. The zero-order chi connectivity index (χ0) is 17.1. The van der Waals surface area contributed by atoms with Crippen molar-refractivity contribution in [2.75, 3.05) is 5.32 Å². The van der Waals surface area contributed by atoms with E-state index in [4.69, 9.17) is 0 Å². The average molecular weight is 322 g/mol. The summed E-state index contributed by atoms with van der Waals surface area (Å²) in [5.74, 6) is -0.143. The molecular weight excluding hydrogens is 300 g/mol. The molecule has 2 heterocycles. The van der Waals surface area contributed by atoms with E-state index in [1.54, 1.807) is 6.92 Å². The van der Waals surface area contributed by atoms with Gasteiger partial charge in [0.2, 0.25) is 0 Å². The molecule has 0 unspecified atom stereocenters. The fourth-order valence-electron chi connectivity index (χ4n) is 2.73. The lowest BCUT2D eigenvalue weighted by molar-refractivity contribution is -0.112. The van der Waals surface area contributed by atoms with E-state index in [1.165, 1.54) is 11.3 Å². The third-order valence-corrected chi connectivity index (χ3v) is 3.96. The van der Waals surface area contributed by atoms with Crippen molar-refractivity contribution in [2.24, 2.45) is 0 Å². The Morgan fingerprint density at radius 3 is 2.96 bits per heavy atom. The zero-order valence-corrected chi connectivity index (χ0v) is 14.1. The molecule has 0 saturated heterocycles. The molecule has 0 aliphatic rings. The average Bonchev–Trinajstić information content (AvgIpc) is 3.07. The van der Waals surface area contributed by atoms with Crippen LogP contribution in [0.15, 0.2) is 48.7 Å². The number of carbonyl (C=O) groups excluding carboxylic acids is 1. The molecule has 124 valence electrons. The molecule has 5 nitrogen and oxygen atoms in total. The quantitative estimate of drug-likeness (QED) is 0.680. The van der Waals surface area contributed by atoms with Crippen LogP contribution < -0.4 is 5.32 Å². The standard InChI is InChI=1S/C19H22N4O/c1-13(2)19(24)21-16-8-4-6-15(11-16)7-5-9-17-12-20-18-10-14(3)22-23(17)18/h4,6,8,10-12,20H,1,5,7,9H2,2-3H3,(H,21,24). The van der Waals surface area contributed by atoms with Crippen LogP contribution in [0.5, 0.6) is 0 Å². The smallest absolute Gasteiger partial charge is 0.250 e. The third kappa shape index (κ3) is 3.56. The van der Waals surface area contributed by atoms with Gasteiger partial charge >= 0.3 is 0 Å². The highest BCUT2D eigenvalue weighted by atomic mass is 16.1. The number of aromatic amines is 1.